The normalized spacial score (nSPS) is 11.2. The van der Waals surface area contributed by atoms with Crippen LogP contribution in [-0.4, -0.2) is 20.4 Å². The maximum absolute atomic E-state index is 12.2. The topological polar surface area (TPSA) is 71.1 Å². The quantitative estimate of drug-likeness (QED) is 0.902. The fourth-order valence-electron chi connectivity index (χ4n) is 1.46. The van der Waals surface area contributed by atoms with Gasteiger partial charge in [0.25, 0.3) is 10.0 Å². The second-order valence-electron chi connectivity index (χ2n) is 3.86. The molecule has 2 N–H and O–H groups in total. The molecule has 20 heavy (non-hydrogen) atoms. The minimum atomic E-state index is -3.74. The smallest absolute Gasteiger partial charge is 0.263 e. The standard InChI is InChI=1S/C12H11Cl2N3O2S/c1-15-12-5-3-9(7-16-12)20(18,19)17-11-4-2-8(13)6-10(11)14/h2-7,17H,1H3,(H,15,16). The molecule has 1 aromatic carbocycles. The van der Waals surface area contributed by atoms with Crippen LogP contribution in [0, 0.1) is 0 Å². The average molecular weight is 332 g/mol. The predicted octanol–water partition coefficient (Wildman–Crippen LogP) is 3.23. The van der Waals surface area contributed by atoms with Crippen molar-refractivity contribution in [1.29, 1.82) is 0 Å². The summed E-state index contributed by atoms with van der Waals surface area (Å²) in [7, 11) is -2.04. The molecule has 0 unspecified atom stereocenters. The van der Waals surface area contributed by atoms with Gasteiger partial charge in [0.05, 0.1) is 10.7 Å². The molecule has 2 aromatic rings. The molecule has 0 saturated carbocycles. The molecule has 0 radical (unpaired) electrons. The molecular formula is C12H11Cl2N3O2S. The molecule has 0 atom stereocenters. The highest BCUT2D eigenvalue weighted by Crippen LogP contribution is 2.27. The van der Waals surface area contributed by atoms with Gasteiger partial charge in [-0.2, -0.15) is 0 Å². The van der Waals surface area contributed by atoms with E-state index in [4.69, 9.17) is 23.2 Å². The predicted molar refractivity (Wildman–Crippen MR) is 81.1 cm³/mol. The SMILES string of the molecule is CNc1ccc(S(=O)(=O)Nc2ccc(Cl)cc2Cl)cn1. The van der Waals surface area contributed by atoms with Gasteiger partial charge in [0.1, 0.15) is 10.7 Å². The summed E-state index contributed by atoms with van der Waals surface area (Å²) in [4.78, 5) is 4.00. The van der Waals surface area contributed by atoms with Gasteiger partial charge in [0.2, 0.25) is 0 Å². The number of anilines is 2. The van der Waals surface area contributed by atoms with Crippen molar-refractivity contribution >= 4 is 44.7 Å². The van der Waals surface area contributed by atoms with Gasteiger partial charge in [0, 0.05) is 18.3 Å². The number of pyridine rings is 1. The number of nitrogens with one attached hydrogen (secondary N) is 2. The average Bonchev–Trinajstić information content (AvgIpc) is 2.42. The van der Waals surface area contributed by atoms with Crippen molar-refractivity contribution < 1.29 is 8.42 Å². The van der Waals surface area contributed by atoms with Crippen LogP contribution in [0.4, 0.5) is 11.5 Å². The maximum Gasteiger partial charge on any atom is 0.263 e. The Balaban J connectivity index is 2.30. The summed E-state index contributed by atoms with van der Waals surface area (Å²) >= 11 is 11.7. The van der Waals surface area contributed by atoms with Crippen LogP contribution in [0.5, 0.6) is 0 Å². The Bertz CT molecular complexity index is 718. The van der Waals surface area contributed by atoms with Crippen LogP contribution in [-0.2, 0) is 10.0 Å². The highest BCUT2D eigenvalue weighted by Gasteiger charge is 2.16. The summed E-state index contributed by atoms with van der Waals surface area (Å²) in [5, 5.41) is 3.46. The summed E-state index contributed by atoms with van der Waals surface area (Å²) in [5.74, 6) is 0.577. The van der Waals surface area contributed by atoms with Crippen molar-refractivity contribution in [3.05, 3.63) is 46.6 Å². The zero-order chi connectivity index (χ0) is 14.8. The van der Waals surface area contributed by atoms with Crippen molar-refractivity contribution in [2.45, 2.75) is 4.90 Å². The third-order valence-electron chi connectivity index (χ3n) is 2.48. The number of benzene rings is 1. The van der Waals surface area contributed by atoms with Crippen molar-refractivity contribution in [1.82, 2.24) is 4.98 Å². The van der Waals surface area contributed by atoms with E-state index >= 15 is 0 Å². The largest absolute Gasteiger partial charge is 0.373 e. The first kappa shape index (κ1) is 14.9. The maximum atomic E-state index is 12.2. The molecule has 0 fully saturated rings. The van der Waals surface area contributed by atoms with Gasteiger partial charge < -0.3 is 5.32 Å². The second kappa shape index (κ2) is 5.87. The fraction of sp³-hybridized carbons (Fsp3) is 0.0833. The number of halogens is 2. The molecule has 106 valence electrons. The third kappa shape index (κ3) is 3.33. The highest BCUT2D eigenvalue weighted by atomic mass is 35.5. The Kier molecular flexibility index (Phi) is 4.37. The van der Waals surface area contributed by atoms with Crippen molar-refractivity contribution in [2.24, 2.45) is 0 Å². The van der Waals surface area contributed by atoms with Gasteiger partial charge in [-0.3, -0.25) is 4.72 Å². The zero-order valence-electron chi connectivity index (χ0n) is 10.4. The Morgan fingerprint density at radius 2 is 1.90 bits per heavy atom. The van der Waals surface area contributed by atoms with E-state index in [0.29, 0.717) is 10.8 Å². The Morgan fingerprint density at radius 3 is 2.45 bits per heavy atom. The molecule has 0 saturated heterocycles. The molecule has 0 aliphatic heterocycles. The van der Waals surface area contributed by atoms with Crippen molar-refractivity contribution in [3.8, 4) is 0 Å². The first-order chi connectivity index (χ1) is 9.42. The molecular weight excluding hydrogens is 321 g/mol. The summed E-state index contributed by atoms with van der Waals surface area (Å²) in [5.41, 5.74) is 0.258. The molecule has 2 rings (SSSR count). The van der Waals surface area contributed by atoms with E-state index in [-0.39, 0.29) is 15.6 Å². The van der Waals surface area contributed by atoms with Gasteiger partial charge in [-0.15, -0.1) is 0 Å². The van der Waals surface area contributed by atoms with E-state index in [2.05, 4.69) is 15.0 Å². The minimum absolute atomic E-state index is 0.0440. The number of hydrogen-bond donors (Lipinski definition) is 2. The van der Waals surface area contributed by atoms with E-state index in [1.54, 1.807) is 19.2 Å². The van der Waals surface area contributed by atoms with Gasteiger partial charge in [-0.05, 0) is 30.3 Å². The van der Waals surface area contributed by atoms with Crippen molar-refractivity contribution in [3.63, 3.8) is 0 Å². The molecule has 0 amide bonds. The van der Waals surface area contributed by atoms with Gasteiger partial charge in [0.15, 0.2) is 0 Å². The second-order valence-corrected chi connectivity index (χ2v) is 6.38. The summed E-state index contributed by atoms with van der Waals surface area (Å²) in [6, 6.07) is 7.53. The number of hydrogen-bond acceptors (Lipinski definition) is 4. The molecule has 5 nitrogen and oxygen atoms in total. The molecule has 1 aromatic heterocycles. The Morgan fingerprint density at radius 1 is 1.15 bits per heavy atom. The monoisotopic (exact) mass is 331 g/mol. The third-order valence-corrected chi connectivity index (χ3v) is 4.38. The molecule has 0 aliphatic carbocycles. The first-order valence-corrected chi connectivity index (χ1v) is 7.78. The molecule has 0 aliphatic rings. The molecule has 8 heteroatoms. The van der Waals surface area contributed by atoms with Crippen LogP contribution in [0.1, 0.15) is 0 Å². The number of sulfonamides is 1. The van der Waals surface area contributed by atoms with Gasteiger partial charge in [-0.25, -0.2) is 13.4 Å². The number of aromatic nitrogens is 1. The van der Waals surface area contributed by atoms with Crippen LogP contribution >= 0.6 is 23.2 Å². The van der Waals surface area contributed by atoms with E-state index in [1.807, 2.05) is 0 Å². The van der Waals surface area contributed by atoms with Crippen LogP contribution in [0.15, 0.2) is 41.4 Å². The fourth-order valence-corrected chi connectivity index (χ4v) is 3.00. The van der Waals surface area contributed by atoms with E-state index in [0.717, 1.165) is 0 Å². The molecule has 1 heterocycles. The highest BCUT2D eigenvalue weighted by molar-refractivity contribution is 7.92. The molecule has 0 bridgehead atoms. The Hall–Kier alpha value is -1.50. The first-order valence-electron chi connectivity index (χ1n) is 5.54. The summed E-state index contributed by atoms with van der Waals surface area (Å²) in [6.07, 6.45) is 1.26. The number of rotatable bonds is 4. The van der Waals surface area contributed by atoms with Crippen LogP contribution in [0.25, 0.3) is 0 Å². The zero-order valence-corrected chi connectivity index (χ0v) is 12.7. The lowest BCUT2D eigenvalue weighted by atomic mass is 10.3. The van der Waals surface area contributed by atoms with Crippen LogP contribution in [0.3, 0.4) is 0 Å². The van der Waals surface area contributed by atoms with Crippen LogP contribution in [0.2, 0.25) is 10.0 Å². The van der Waals surface area contributed by atoms with E-state index in [9.17, 15) is 8.42 Å². The van der Waals surface area contributed by atoms with E-state index < -0.39 is 10.0 Å². The van der Waals surface area contributed by atoms with E-state index in [1.165, 1.54) is 24.4 Å². The van der Waals surface area contributed by atoms with Gasteiger partial charge >= 0.3 is 0 Å². The minimum Gasteiger partial charge on any atom is -0.373 e. The molecule has 0 spiro atoms. The lowest BCUT2D eigenvalue weighted by molar-refractivity contribution is 0.601. The number of nitrogens with zero attached hydrogens (tertiary/aromatic N) is 1. The lowest BCUT2D eigenvalue weighted by Crippen LogP contribution is -2.13. The Labute approximate surface area is 127 Å². The summed E-state index contributed by atoms with van der Waals surface area (Å²) < 4.78 is 26.7. The van der Waals surface area contributed by atoms with Crippen LogP contribution < -0.4 is 10.0 Å². The van der Waals surface area contributed by atoms with Crippen molar-refractivity contribution in [2.75, 3.05) is 17.1 Å². The summed E-state index contributed by atoms with van der Waals surface area (Å²) in [6.45, 7) is 0. The lowest BCUT2D eigenvalue weighted by Gasteiger charge is -2.10. The van der Waals surface area contributed by atoms with Gasteiger partial charge in [-0.1, -0.05) is 23.2 Å².